The van der Waals surface area contributed by atoms with Gasteiger partial charge in [0.2, 0.25) is 5.71 Å². The van der Waals surface area contributed by atoms with E-state index in [9.17, 15) is 0 Å². The smallest absolute Gasteiger partial charge is 0.216 e. The van der Waals surface area contributed by atoms with E-state index >= 15 is 0 Å². The van der Waals surface area contributed by atoms with Gasteiger partial charge >= 0.3 is 0 Å². The largest absolute Gasteiger partial charge is 0.486 e. The maximum absolute atomic E-state index is 7.92. The SMILES string of the molecule is [2H]C([2H])([2H])c1c[c-]c(-c2ccc(C([2H])([2H])[2H])cn2)cc1.[2H]C([2H])([2H])c1ccc2c(n1)oc1c(-c3cc(-c4ccc(C([2H])([2H])[2H])c5ccccc45)ccn3)[c-]ccc12.[Ir]. The van der Waals surface area contributed by atoms with Crippen molar-refractivity contribution in [2.24, 2.45) is 0 Å². The number of pyridine rings is 3. The van der Waals surface area contributed by atoms with E-state index in [0.29, 0.717) is 44.4 Å². The first-order valence-electron chi connectivity index (χ1n) is 20.0. The number of hydrogen-bond donors (Lipinski definition) is 0. The maximum atomic E-state index is 7.92. The van der Waals surface area contributed by atoms with Gasteiger partial charge in [-0.05, 0) is 83.2 Å². The second-order valence-corrected chi connectivity index (χ2v) is 10.3. The molecule has 1 radical (unpaired) electrons. The van der Waals surface area contributed by atoms with Gasteiger partial charge in [-0.1, -0.05) is 72.4 Å². The van der Waals surface area contributed by atoms with Crippen LogP contribution in [0.1, 0.15) is 38.8 Å². The summed E-state index contributed by atoms with van der Waals surface area (Å²) < 4.78 is 96.4. The standard InChI is InChI=1S/C28H19N2O.C13H12N.Ir/c1-17-10-12-21(22-7-4-3-6-20(17)22)19-14-15-29-26(16-19)25-9-5-8-23-24-13-11-18(2)30-28(24)31-27(23)25;1-10-3-6-12(7-4-10)13-8-5-11(2)9-14-13;/h3-8,10-16H,1-2H3;3-6,8-9H,1-2H3;/q2*-1;/i2*1D3,2D3;. The molecule has 4 aromatic carbocycles. The Kier molecular flexibility index (Phi) is 5.60. The van der Waals surface area contributed by atoms with Gasteiger partial charge < -0.3 is 14.4 Å². The average Bonchev–Trinajstić information content (AvgIpc) is 3.55. The summed E-state index contributed by atoms with van der Waals surface area (Å²) in [6, 6.07) is 35.2. The number of rotatable bonds is 3. The number of aryl methyl sites for hydroxylation is 4. The fourth-order valence-corrected chi connectivity index (χ4v) is 5.24. The zero-order valence-corrected chi connectivity index (χ0v) is 26.4. The normalized spacial score (nSPS) is 15.8. The van der Waals surface area contributed by atoms with E-state index < -0.39 is 27.4 Å². The molecule has 4 heterocycles. The number of fused-ring (bicyclic) bond motifs is 4. The van der Waals surface area contributed by atoms with Crippen LogP contribution in [0.3, 0.4) is 0 Å². The summed E-state index contributed by atoms with van der Waals surface area (Å²) in [6.07, 6.45) is 2.99. The van der Waals surface area contributed by atoms with Crippen molar-refractivity contribution in [3.63, 3.8) is 0 Å². The van der Waals surface area contributed by atoms with Gasteiger partial charge in [-0.15, -0.1) is 53.6 Å². The van der Waals surface area contributed by atoms with Gasteiger partial charge in [0, 0.05) is 60.0 Å². The zero-order valence-electron chi connectivity index (χ0n) is 36.1. The first-order chi connectivity index (χ1) is 26.8. The van der Waals surface area contributed by atoms with Crippen LogP contribution in [0.4, 0.5) is 0 Å². The third-order valence-electron chi connectivity index (χ3n) is 7.40. The first-order valence-corrected chi connectivity index (χ1v) is 14.0. The monoisotopic (exact) mass is 786 g/mol. The van der Waals surface area contributed by atoms with Crippen molar-refractivity contribution in [2.45, 2.75) is 27.4 Å². The molecule has 8 rings (SSSR count). The molecule has 46 heavy (non-hydrogen) atoms. The van der Waals surface area contributed by atoms with Gasteiger partial charge in [-0.2, -0.15) is 0 Å². The summed E-state index contributed by atoms with van der Waals surface area (Å²) in [7, 11) is 0. The van der Waals surface area contributed by atoms with Crippen LogP contribution >= 0.6 is 0 Å². The molecule has 0 saturated heterocycles. The number of benzene rings is 4. The topological polar surface area (TPSA) is 51.8 Å². The van der Waals surface area contributed by atoms with Gasteiger partial charge in [0.05, 0.1) is 5.58 Å². The number of hydrogen-bond acceptors (Lipinski definition) is 4. The fourth-order valence-electron chi connectivity index (χ4n) is 5.24. The van der Waals surface area contributed by atoms with Crippen LogP contribution < -0.4 is 0 Å². The molecular weight excluding hydrogens is 743 g/mol. The van der Waals surface area contributed by atoms with E-state index in [1.165, 1.54) is 30.5 Å². The molecule has 0 aliphatic rings. The second-order valence-electron chi connectivity index (χ2n) is 10.3. The van der Waals surface area contributed by atoms with E-state index in [-0.39, 0.29) is 42.6 Å². The Labute approximate surface area is 299 Å². The first kappa shape index (κ1) is 19.5. The molecule has 0 amide bonds. The van der Waals surface area contributed by atoms with Crippen LogP contribution in [0.15, 0.2) is 120 Å². The number of aromatic nitrogens is 3. The van der Waals surface area contributed by atoms with E-state index in [2.05, 4.69) is 27.1 Å². The molecule has 0 spiro atoms. The molecule has 0 N–H and O–H groups in total. The Morgan fingerprint density at radius 1 is 0.696 bits per heavy atom. The van der Waals surface area contributed by atoms with Crippen molar-refractivity contribution in [1.29, 1.82) is 0 Å². The number of nitrogens with zero attached hydrogens (tertiary/aromatic N) is 3. The van der Waals surface area contributed by atoms with Crippen LogP contribution in [-0.2, 0) is 20.1 Å². The van der Waals surface area contributed by atoms with Crippen molar-refractivity contribution in [1.82, 2.24) is 15.0 Å². The van der Waals surface area contributed by atoms with Crippen LogP contribution in [0, 0.1) is 39.5 Å². The molecule has 0 aliphatic heterocycles. The van der Waals surface area contributed by atoms with Gasteiger partial charge in [0.1, 0.15) is 0 Å². The summed E-state index contributed by atoms with van der Waals surface area (Å²) in [5, 5.41) is 3.01. The summed E-state index contributed by atoms with van der Waals surface area (Å²) >= 11 is 0. The van der Waals surface area contributed by atoms with Crippen LogP contribution in [0.25, 0.3) is 66.5 Å². The number of furan rings is 1. The second kappa shape index (κ2) is 13.2. The van der Waals surface area contributed by atoms with E-state index in [1.807, 2.05) is 48.5 Å². The van der Waals surface area contributed by atoms with Crippen molar-refractivity contribution >= 4 is 32.8 Å². The molecular formula is C41H31IrN3O-2. The van der Waals surface area contributed by atoms with Gasteiger partial charge in [-0.25, -0.2) is 4.98 Å². The minimum Gasteiger partial charge on any atom is -0.486 e. The molecule has 0 saturated carbocycles. The van der Waals surface area contributed by atoms with E-state index in [1.54, 1.807) is 36.5 Å². The quantitative estimate of drug-likeness (QED) is 0.167. The molecule has 0 unspecified atom stereocenters. The molecule has 5 heteroatoms. The van der Waals surface area contributed by atoms with Crippen molar-refractivity contribution in [3.05, 3.63) is 150 Å². The predicted molar refractivity (Wildman–Crippen MR) is 184 cm³/mol. The van der Waals surface area contributed by atoms with E-state index in [4.69, 9.17) is 20.9 Å². The van der Waals surface area contributed by atoms with Gasteiger partial charge in [0.25, 0.3) is 0 Å². The zero-order chi connectivity index (χ0) is 40.9. The third kappa shape index (κ3) is 6.12. The van der Waals surface area contributed by atoms with Crippen molar-refractivity contribution in [2.75, 3.05) is 0 Å². The molecule has 4 aromatic heterocycles. The van der Waals surface area contributed by atoms with Gasteiger partial charge in [0.15, 0.2) is 0 Å². The Morgan fingerprint density at radius 3 is 2.37 bits per heavy atom. The summed E-state index contributed by atoms with van der Waals surface area (Å²) in [6.45, 7) is -8.90. The summed E-state index contributed by atoms with van der Waals surface area (Å²) in [5.74, 6) is 0. The third-order valence-corrected chi connectivity index (χ3v) is 7.40. The molecule has 227 valence electrons. The minimum absolute atomic E-state index is 0. The Morgan fingerprint density at radius 2 is 1.59 bits per heavy atom. The van der Waals surface area contributed by atoms with Crippen LogP contribution in [-0.4, -0.2) is 15.0 Å². The van der Waals surface area contributed by atoms with Crippen LogP contribution in [0.2, 0.25) is 0 Å². The Hall–Kier alpha value is -4.96. The molecule has 0 aliphatic carbocycles. The molecule has 4 nitrogen and oxygen atoms in total. The Balaban J connectivity index is 0.000000230. The molecule has 0 fully saturated rings. The maximum Gasteiger partial charge on any atom is 0.216 e. The van der Waals surface area contributed by atoms with Crippen molar-refractivity contribution in [3.8, 4) is 33.6 Å². The molecule has 0 atom stereocenters. The van der Waals surface area contributed by atoms with E-state index in [0.717, 1.165) is 21.9 Å². The minimum atomic E-state index is -2.34. The Bertz CT molecular complexity index is 2680. The predicted octanol–water partition coefficient (Wildman–Crippen LogP) is 10.4. The fraction of sp³-hybridized carbons (Fsp3) is 0.0976. The molecule has 8 aromatic rings. The molecule has 0 bridgehead atoms. The van der Waals surface area contributed by atoms with Crippen molar-refractivity contribution < 1.29 is 41.0 Å². The average molecular weight is 786 g/mol. The summed E-state index contributed by atoms with van der Waals surface area (Å²) in [5.41, 5.74) is 5.56. The summed E-state index contributed by atoms with van der Waals surface area (Å²) in [4.78, 5) is 12.9. The van der Waals surface area contributed by atoms with Gasteiger partial charge in [-0.3, -0.25) is 0 Å². The van der Waals surface area contributed by atoms with Crippen LogP contribution in [0.5, 0.6) is 0 Å².